The number of rotatable bonds is 6. The average Bonchev–Trinajstić information content (AvgIpc) is 3.96. The van der Waals surface area contributed by atoms with Crippen molar-refractivity contribution >= 4 is 50.3 Å². The molecule has 1 aliphatic heterocycles. The monoisotopic (exact) mass is 870 g/mol. The molecule has 4 heterocycles. The van der Waals surface area contributed by atoms with Crippen LogP contribution < -0.4 is 0 Å². The molecule has 3 aromatic heterocycles. The van der Waals surface area contributed by atoms with Crippen LogP contribution in [0.25, 0.3) is 32.9 Å². The molecule has 6 aromatic carbocycles. The number of hydrogen-bond donors (Lipinski definition) is 0. The Hall–Kier alpha value is -7.05. The van der Waals surface area contributed by atoms with Crippen LogP contribution in [-0.4, -0.2) is 17.3 Å². The van der Waals surface area contributed by atoms with Crippen molar-refractivity contribution in [2.75, 3.05) is 0 Å². The Morgan fingerprint density at radius 3 is 0.833 bits per heavy atom. The predicted octanol–water partition coefficient (Wildman–Crippen LogP) is 14.6. The fraction of sp³-hybridized carbons (Fsp3) is 0.250. The van der Waals surface area contributed by atoms with Crippen molar-refractivity contribution in [3.05, 3.63) is 211 Å². The van der Waals surface area contributed by atoms with Crippen LogP contribution in [0.15, 0.2) is 141 Å². The molecule has 0 spiro atoms. The number of carbonyl (C=O) groups is 3. The molecule has 0 radical (unpaired) electrons. The van der Waals surface area contributed by atoms with E-state index in [0.717, 1.165) is 33.4 Å². The molecule has 10 rings (SSSR count). The third-order valence-corrected chi connectivity index (χ3v) is 13.3. The lowest BCUT2D eigenvalue weighted by molar-refractivity contribution is 0.103. The molecular formula is C60H54O6. The second kappa shape index (κ2) is 15.5. The van der Waals surface area contributed by atoms with E-state index in [1.807, 2.05) is 91.0 Å². The second-order valence-electron chi connectivity index (χ2n) is 21.1. The molecule has 0 aliphatic carbocycles. The molecule has 1 aliphatic rings. The number of benzene rings is 6. The lowest BCUT2D eigenvalue weighted by Crippen LogP contribution is -2.13. The van der Waals surface area contributed by atoms with Gasteiger partial charge in [0, 0.05) is 68.8 Å². The molecule has 6 nitrogen and oxygen atoms in total. The van der Waals surface area contributed by atoms with Gasteiger partial charge in [0.25, 0.3) is 0 Å². The summed E-state index contributed by atoms with van der Waals surface area (Å²) < 4.78 is 21.4. The van der Waals surface area contributed by atoms with Crippen molar-refractivity contribution < 1.29 is 27.6 Å². The summed E-state index contributed by atoms with van der Waals surface area (Å²) in [6.07, 6.45) is 0.640. The maximum Gasteiger partial charge on any atom is 0.197 e. The van der Waals surface area contributed by atoms with Crippen LogP contribution in [0.5, 0.6) is 0 Å². The Labute approximate surface area is 385 Å². The second-order valence-corrected chi connectivity index (χ2v) is 21.1. The van der Waals surface area contributed by atoms with E-state index in [1.165, 1.54) is 0 Å². The van der Waals surface area contributed by atoms with Crippen LogP contribution in [0.3, 0.4) is 0 Å². The van der Waals surface area contributed by atoms with E-state index in [0.29, 0.717) is 83.6 Å². The highest BCUT2D eigenvalue weighted by Crippen LogP contribution is 2.44. The zero-order valence-electron chi connectivity index (χ0n) is 39.2. The Kier molecular flexibility index (Phi) is 10.1. The lowest BCUT2D eigenvalue weighted by Gasteiger charge is -2.20. The largest absolute Gasteiger partial charge is 0.460 e. The maximum absolute atomic E-state index is 15.1. The van der Waals surface area contributed by atoms with Crippen molar-refractivity contribution in [2.24, 2.45) is 0 Å². The normalized spacial score (nSPS) is 13.2. The molecule has 0 amide bonds. The predicted molar refractivity (Wildman–Crippen MR) is 263 cm³/mol. The van der Waals surface area contributed by atoms with Crippen LogP contribution in [0, 0.1) is 0 Å². The summed E-state index contributed by atoms with van der Waals surface area (Å²) in [5, 5.41) is 2.08. The smallest absolute Gasteiger partial charge is 0.197 e. The minimum Gasteiger partial charge on any atom is -0.460 e. The molecule has 0 N–H and O–H groups in total. The highest BCUT2D eigenvalue weighted by molar-refractivity contribution is 6.20. The van der Waals surface area contributed by atoms with E-state index >= 15 is 14.4 Å². The van der Waals surface area contributed by atoms with Gasteiger partial charge in [-0.1, -0.05) is 172 Å². The van der Waals surface area contributed by atoms with Gasteiger partial charge in [-0.25, -0.2) is 0 Å². The molecule has 0 fully saturated rings. The topological polar surface area (TPSA) is 90.6 Å². The first kappa shape index (κ1) is 42.9. The zero-order chi connectivity index (χ0) is 46.4. The summed E-state index contributed by atoms with van der Waals surface area (Å²) in [4.78, 5) is 45.3. The Balaban J connectivity index is 1.38. The summed E-state index contributed by atoms with van der Waals surface area (Å²) in [5.74, 6) is 0.992. The number of hydrogen-bond acceptors (Lipinski definition) is 6. The number of furan rings is 3. The quantitative estimate of drug-likeness (QED) is 0.155. The van der Waals surface area contributed by atoms with Gasteiger partial charge < -0.3 is 13.3 Å². The molecule has 6 bridgehead atoms. The van der Waals surface area contributed by atoms with Crippen molar-refractivity contribution in [1.82, 2.24) is 0 Å². The zero-order valence-corrected chi connectivity index (χ0v) is 39.2. The first-order valence-corrected chi connectivity index (χ1v) is 22.9. The van der Waals surface area contributed by atoms with E-state index in [-0.39, 0.29) is 52.9 Å². The maximum atomic E-state index is 15.1. The molecule has 9 aromatic rings. The minimum absolute atomic E-state index is 0.159. The summed E-state index contributed by atoms with van der Waals surface area (Å²) in [6, 6.07) is 40.7. The van der Waals surface area contributed by atoms with Gasteiger partial charge >= 0.3 is 0 Å². The fourth-order valence-corrected chi connectivity index (χ4v) is 9.49. The SMILES string of the molecule is CC(C)(C)c1cc2c3oc(c(C(=O)c4ccccc4)c3c1)Cc1cc(C(C)(C)C)cc3c(C(=O)c4ccccc4)c(oc13)Cc1cc(C(C)(C)C)cc3c(C(=O)c4ccccc4)c(oc13)C2. The van der Waals surface area contributed by atoms with E-state index in [2.05, 4.69) is 98.7 Å². The Bertz CT molecular complexity index is 3040. The van der Waals surface area contributed by atoms with E-state index < -0.39 is 0 Å². The van der Waals surface area contributed by atoms with Gasteiger partial charge in [-0.15, -0.1) is 0 Å². The van der Waals surface area contributed by atoms with Crippen LogP contribution >= 0.6 is 0 Å². The third-order valence-electron chi connectivity index (χ3n) is 13.3. The highest BCUT2D eigenvalue weighted by atomic mass is 16.4. The summed E-state index contributed by atoms with van der Waals surface area (Å²) in [7, 11) is 0. The summed E-state index contributed by atoms with van der Waals surface area (Å²) in [5.41, 5.74) is 9.22. The van der Waals surface area contributed by atoms with Gasteiger partial charge in [-0.3, -0.25) is 14.4 Å². The summed E-state index contributed by atoms with van der Waals surface area (Å²) >= 11 is 0. The molecule has 330 valence electrons. The Morgan fingerprint density at radius 2 is 0.606 bits per heavy atom. The molecule has 0 saturated heterocycles. The minimum atomic E-state index is -0.320. The van der Waals surface area contributed by atoms with Gasteiger partial charge in [0.2, 0.25) is 0 Å². The molecule has 0 unspecified atom stereocenters. The molecule has 66 heavy (non-hydrogen) atoms. The van der Waals surface area contributed by atoms with E-state index in [4.69, 9.17) is 13.3 Å². The molecular weight excluding hydrogens is 817 g/mol. The first-order valence-electron chi connectivity index (χ1n) is 22.9. The standard InChI is InChI=1S/C60H54O6/c1-58(2,3)40-25-37-28-46-50(53(62)35-21-15-11-16-22-35)44-32-42(60(7,8)9)27-39(56(44)65-46)30-48-51(54(63)36-23-17-12-18-24-36)45-33-41(59(4,5)6)26-38(57(45)66-48)29-47-49(43(31-40)55(37)64-47)52(61)34-19-13-10-14-20-34/h10-27,31-33H,28-30H2,1-9H3. The van der Waals surface area contributed by atoms with Crippen molar-refractivity contribution in [1.29, 1.82) is 0 Å². The van der Waals surface area contributed by atoms with Crippen molar-refractivity contribution in [2.45, 2.75) is 97.8 Å². The number of fused-ring (bicyclic) bond motifs is 3. The van der Waals surface area contributed by atoms with Crippen LogP contribution in [0.1, 0.15) is 161 Å². The summed E-state index contributed by atoms with van der Waals surface area (Å²) in [6.45, 7) is 19.4. The molecule has 0 saturated carbocycles. The van der Waals surface area contributed by atoms with Crippen LogP contribution in [0.4, 0.5) is 0 Å². The Morgan fingerprint density at radius 1 is 0.364 bits per heavy atom. The molecule has 6 heteroatoms. The van der Waals surface area contributed by atoms with Gasteiger partial charge in [-0.05, 0) is 51.1 Å². The average molecular weight is 871 g/mol. The van der Waals surface area contributed by atoms with Gasteiger partial charge in [0.15, 0.2) is 17.3 Å². The van der Waals surface area contributed by atoms with Gasteiger partial charge in [0.1, 0.15) is 34.0 Å². The molecule has 0 atom stereocenters. The third kappa shape index (κ3) is 7.43. The van der Waals surface area contributed by atoms with Crippen LogP contribution in [0.2, 0.25) is 0 Å². The first-order chi connectivity index (χ1) is 31.3. The van der Waals surface area contributed by atoms with Gasteiger partial charge in [-0.2, -0.15) is 0 Å². The number of carbonyl (C=O) groups excluding carboxylic acids is 3. The lowest BCUT2D eigenvalue weighted by atomic mass is 9.82. The fourth-order valence-electron chi connectivity index (χ4n) is 9.49. The van der Waals surface area contributed by atoms with Crippen molar-refractivity contribution in [3.63, 3.8) is 0 Å². The van der Waals surface area contributed by atoms with Gasteiger partial charge in [0.05, 0.1) is 16.7 Å². The number of ketones is 3. The van der Waals surface area contributed by atoms with Crippen molar-refractivity contribution in [3.8, 4) is 0 Å². The van der Waals surface area contributed by atoms with E-state index in [1.54, 1.807) is 0 Å². The van der Waals surface area contributed by atoms with Crippen LogP contribution in [-0.2, 0) is 35.5 Å². The highest BCUT2D eigenvalue weighted by Gasteiger charge is 2.34. The van der Waals surface area contributed by atoms with E-state index in [9.17, 15) is 0 Å².